The Morgan fingerprint density at radius 1 is 0.963 bits per heavy atom. The van der Waals surface area contributed by atoms with Crippen molar-refractivity contribution in [3.63, 3.8) is 0 Å². The van der Waals surface area contributed by atoms with E-state index in [9.17, 15) is 4.39 Å². The van der Waals surface area contributed by atoms with E-state index >= 15 is 0 Å². The highest BCUT2D eigenvalue weighted by molar-refractivity contribution is 8.46. The minimum atomic E-state index is -0.341. The number of thioether (sulfide) groups is 2. The quantitative estimate of drug-likeness (QED) is 0.372. The first-order valence-corrected chi connectivity index (χ1v) is 10.9. The molecule has 27 heavy (non-hydrogen) atoms. The number of halogens is 1. The molecule has 0 atom stereocenters. The van der Waals surface area contributed by atoms with Gasteiger partial charge in [-0.15, -0.1) is 11.8 Å². The van der Waals surface area contributed by atoms with Gasteiger partial charge in [0.25, 0.3) is 0 Å². The maximum absolute atomic E-state index is 13.0. The van der Waals surface area contributed by atoms with Crippen LogP contribution in [0.4, 0.5) is 4.39 Å². The Labute approximate surface area is 174 Å². The van der Waals surface area contributed by atoms with Gasteiger partial charge in [-0.2, -0.15) is 0 Å². The summed E-state index contributed by atoms with van der Waals surface area (Å²) in [6.07, 6.45) is 0. The van der Waals surface area contributed by atoms with Gasteiger partial charge in [-0.05, 0) is 63.0 Å². The molecule has 2 aromatic rings. The fourth-order valence-corrected chi connectivity index (χ4v) is 4.63. The van der Waals surface area contributed by atoms with Gasteiger partial charge in [0.2, 0.25) is 0 Å². The molecule has 142 valence electrons. The van der Waals surface area contributed by atoms with Crippen molar-refractivity contribution >= 4 is 51.9 Å². The molecule has 0 spiro atoms. The van der Waals surface area contributed by atoms with E-state index in [0.29, 0.717) is 0 Å². The third-order valence-electron chi connectivity index (χ3n) is 4.88. The summed E-state index contributed by atoms with van der Waals surface area (Å²) >= 11 is 8.51. The van der Waals surface area contributed by atoms with Crippen molar-refractivity contribution < 1.29 is 13.7 Å². The molecule has 1 heterocycles. The standard InChI is InChI=1S/C20H22BFO2S3/c1-19(2)20(3,4)24-21(23-19)15-7-5-14(6-8-15)13-26-18(25)27-17-11-9-16(22)10-12-17/h5-12H,13H2,1-4H3. The van der Waals surface area contributed by atoms with Crippen LogP contribution in [0.3, 0.4) is 0 Å². The van der Waals surface area contributed by atoms with Crippen LogP contribution in [-0.4, -0.2) is 21.8 Å². The predicted molar refractivity (Wildman–Crippen MR) is 118 cm³/mol. The van der Waals surface area contributed by atoms with E-state index in [1.165, 1.54) is 29.5 Å². The molecule has 0 N–H and O–H groups in total. The SMILES string of the molecule is CC1(C)OB(c2ccc(CSC(=S)Sc3ccc(F)cc3)cc2)OC1(C)C. The summed E-state index contributed by atoms with van der Waals surface area (Å²) in [5.74, 6) is 0.552. The Morgan fingerprint density at radius 2 is 1.52 bits per heavy atom. The Hall–Kier alpha value is -0.855. The van der Waals surface area contributed by atoms with Gasteiger partial charge >= 0.3 is 7.12 Å². The first-order chi connectivity index (χ1) is 12.7. The highest BCUT2D eigenvalue weighted by Gasteiger charge is 2.51. The van der Waals surface area contributed by atoms with Crippen LogP contribution in [0.2, 0.25) is 0 Å². The maximum atomic E-state index is 13.0. The largest absolute Gasteiger partial charge is 0.494 e. The van der Waals surface area contributed by atoms with Gasteiger partial charge in [0.05, 0.1) is 11.2 Å². The molecular formula is C20H22BFO2S3. The van der Waals surface area contributed by atoms with Gasteiger partial charge < -0.3 is 9.31 Å². The second-order valence-electron chi connectivity index (χ2n) is 7.42. The first-order valence-electron chi connectivity index (χ1n) is 8.71. The fraction of sp³-hybridized carbons (Fsp3) is 0.350. The van der Waals surface area contributed by atoms with Crippen LogP contribution < -0.4 is 5.46 Å². The van der Waals surface area contributed by atoms with Gasteiger partial charge in [0, 0.05) is 10.6 Å². The molecule has 0 bridgehead atoms. The second kappa shape index (κ2) is 8.25. The van der Waals surface area contributed by atoms with E-state index in [-0.39, 0.29) is 24.1 Å². The molecule has 0 aromatic heterocycles. The van der Waals surface area contributed by atoms with E-state index in [4.69, 9.17) is 21.5 Å². The molecule has 1 aliphatic heterocycles. The second-order valence-corrected chi connectivity index (χ2v) is 10.7. The maximum Gasteiger partial charge on any atom is 0.494 e. The fourth-order valence-electron chi connectivity index (χ4n) is 2.52. The van der Waals surface area contributed by atoms with Gasteiger partial charge in [0.1, 0.15) is 9.35 Å². The third kappa shape index (κ3) is 5.15. The third-order valence-corrected chi connectivity index (χ3v) is 7.47. The lowest BCUT2D eigenvalue weighted by Gasteiger charge is -2.32. The molecule has 3 rings (SSSR count). The summed E-state index contributed by atoms with van der Waals surface area (Å²) in [7, 11) is -0.341. The van der Waals surface area contributed by atoms with E-state index in [2.05, 4.69) is 39.8 Å². The van der Waals surface area contributed by atoms with Gasteiger partial charge in [-0.25, -0.2) is 4.39 Å². The zero-order chi connectivity index (χ0) is 19.7. The average Bonchev–Trinajstić information content (AvgIpc) is 2.83. The van der Waals surface area contributed by atoms with Crippen LogP contribution in [0.5, 0.6) is 0 Å². The van der Waals surface area contributed by atoms with E-state index in [0.717, 1.165) is 19.6 Å². The summed E-state index contributed by atoms with van der Waals surface area (Å²) in [4.78, 5) is 0.949. The molecule has 7 heteroatoms. The van der Waals surface area contributed by atoms with Crippen molar-refractivity contribution in [1.29, 1.82) is 0 Å². The molecule has 2 aromatic carbocycles. The van der Waals surface area contributed by atoms with Crippen molar-refractivity contribution in [3.05, 3.63) is 59.9 Å². The lowest BCUT2D eigenvalue weighted by atomic mass is 9.79. The number of benzene rings is 2. The monoisotopic (exact) mass is 420 g/mol. The molecule has 0 radical (unpaired) electrons. The lowest BCUT2D eigenvalue weighted by Crippen LogP contribution is -2.41. The van der Waals surface area contributed by atoms with Crippen LogP contribution in [0.15, 0.2) is 53.4 Å². The topological polar surface area (TPSA) is 18.5 Å². The number of rotatable bonds is 4. The van der Waals surface area contributed by atoms with E-state index in [1.807, 2.05) is 12.1 Å². The summed E-state index contributed by atoms with van der Waals surface area (Å²) in [6, 6.07) is 14.6. The van der Waals surface area contributed by atoms with Gasteiger partial charge in [-0.1, -0.05) is 48.2 Å². The zero-order valence-electron chi connectivity index (χ0n) is 15.8. The molecule has 1 aliphatic rings. The van der Waals surface area contributed by atoms with Crippen molar-refractivity contribution in [2.75, 3.05) is 0 Å². The molecule has 0 amide bonds. The number of hydrogen-bond acceptors (Lipinski definition) is 5. The summed E-state index contributed by atoms with van der Waals surface area (Å²) in [5.41, 5.74) is 1.53. The van der Waals surface area contributed by atoms with Crippen LogP contribution in [0.25, 0.3) is 0 Å². The predicted octanol–water partition coefficient (Wildman–Crippen LogP) is 5.44. The molecule has 0 unspecified atom stereocenters. The summed E-state index contributed by atoms with van der Waals surface area (Å²) in [6.45, 7) is 8.21. The zero-order valence-corrected chi connectivity index (χ0v) is 18.3. The van der Waals surface area contributed by atoms with Gasteiger partial charge in [0.15, 0.2) is 0 Å². The molecule has 1 saturated heterocycles. The summed E-state index contributed by atoms with van der Waals surface area (Å²) in [5, 5.41) is 0. The molecule has 1 fully saturated rings. The van der Waals surface area contributed by atoms with Crippen LogP contribution in [0.1, 0.15) is 33.3 Å². The normalized spacial score (nSPS) is 17.9. The van der Waals surface area contributed by atoms with Crippen molar-refractivity contribution in [2.45, 2.75) is 49.5 Å². The number of hydrogen-bond donors (Lipinski definition) is 0. The van der Waals surface area contributed by atoms with Crippen molar-refractivity contribution in [2.24, 2.45) is 0 Å². The van der Waals surface area contributed by atoms with E-state index in [1.54, 1.807) is 23.9 Å². The van der Waals surface area contributed by atoms with Crippen molar-refractivity contribution in [3.8, 4) is 0 Å². The highest BCUT2D eigenvalue weighted by Crippen LogP contribution is 2.36. The average molecular weight is 420 g/mol. The van der Waals surface area contributed by atoms with Crippen LogP contribution >= 0.6 is 35.7 Å². The Morgan fingerprint density at radius 3 is 2.07 bits per heavy atom. The Bertz CT molecular complexity index is 791. The Balaban J connectivity index is 1.54. The van der Waals surface area contributed by atoms with Crippen LogP contribution in [0, 0.1) is 5.82 Å². The Kier molecular flexibility index (Phi) is 6.38. The first kappa shape index (κ1) is 20.9. The van der Waals surface area contributed by atoms with E-state index < -0.39 is 0 Å². The highest BCUT2D eigenvalue weighted by atomic mass is 32.2. The molecule has 2 nitrogen and oxygen atoms in total. The van der Waals surface area contributed by atoms with Crippen molar-refractivity contribution in [1.82, 2.24) is 0 Å². The summed E-state index contributed by atoms with van der Waals surface area (Å²) < 4.78 is 25.9. The molecular weight excluding hydrogens is 398 g/mol. The number of thiocarbonyl (C=S) groups is 1. The minimum Gasteiger partial charge on any atom is -0.399 e. The van der Waals surface area contributed by atoms with Gasteiger partial charge in [-0.3, -0.25) is 0 Å². The lowest BCUT2D eigenvalue weighted by molar-refractivity contribution is 0.00578. The minimum absolute atomic E-state index is 0.236. The smallest absolute Gasteiger partial charge is 0.399 e. The molecule has 0 aliphatic carbocycles. The molecule has 0 saturated carbocycles. The van der Waals surface area contributed by atoms with Crippen LogP contribution in [-0.2, 0) is 15.1 Å².